The molecule has 0 aliphatic rings. The van der Waals surface area contributed by atoms with Crippen molar-refractivity contribution >= 4 is 67.0 Å². The lowest BCUT2D eigenvalue weighted by atomic mass is 10.1. The van der Waals surface area contributed by atoms with Crippen molar-refractivity contribution in [3.05, 3.63) is 147 Å². The molecule has 5 aromatic heterocycles. The van der Waals surface area contributed by atoms with E-state index in [1.54, 1.807) is 24.8 Å². The van der Waals surface area contributed by atoms with E-state index in [0.717, 1.165) is 67.0 Å². The van der Waals surface area contributed by atoms with E-state index in [0.29, 0.717) is 0 Å². The van der Waals surface area contributed by atoms with Gasteiger partial charge in [-0.1, -0.05) is 30.3 Å². The van der Waals surface area contributed by atoms with Gasteiger partial charge in [0.25, 0.3) is 0 Å². The minimum Gasteiger partial charge on any atom is -0.305 e. The van der Waals surface area contributed by atoms with E-state index in [1.807, 2.05) is 91.5 Å². The van der Waals surface area contributed by atoms with Crippen LogP contribution in [-0.4, -0.2) is 29.9 Å². The van der Waals surface area contributed by atoms with Gasteiger partial charge in [-0.15, -0.1) is 0 Å². The lowest BCUT2D eigenvalue weighted by Gasteiger charge is -2.29. The third kappa shape index (κ3) is 4.42. The summed E-state index contributed by atoms with van der Waals surface area (Å²) in [6.45, 7) is 0. The predicted octanol–water partition coefficient (Wildman–Crippen LogP) is 8.46. The summed E-state index contributed by atoms with van der Waals surface area (Å²) in [7, 11) is 0. The number of fused-ring (bicyclic) bond motifs is 4. The fourth-order valence-corrected chi connectivity index (χ4v) is 5.62. The molecule has 0 fully saturated rings. The average Bonchev–Trinajstić information content (AvgIpc) is 3.10. The Balaban J connectivity index is 1.49. The minimum absolute atomic E-state index is 0.732. The normalized spacial score (nSPS) is 11.2. The number of pyridine rings is 4. The van der Waals surface area contributed by atoms with Crippen molar-refractivity contribution in [1.82, 2.24) is 29.9 Å². The van der Waals surface area contributed by atoms with E-state index in [2.05, 4.69) is 60.1 Å². The Morgan fingerprint density at radius 1 is 0.386 bits per heavy atom. The van der Waals surface area contributed by atoms with Crippen molar-refractivity contribution in [1.29, 1.82) is 0 Å². The second kappa shape index (κ2) is 10.8. The van der Waals surface area contributed by atoms with Gasteiger partial charge in [-0.2, -0.15) is 0 Å². The van der Waals surface area contributed by atoms with Crippen LogP contribution in [0.15, 0.2) is 147 Å². The highest BCUT2D eigenvalue weighted by Crippen LogP contribution is 2.44. The SMILES string of the molecule is c1cncc(N(c2cccnc2)c2ccc(N(c3cccnc3)c3cccnc3)c3nc4c(ccc5ccccc54)nc23)c1. The van der Waals surface area contributed by atoms with Gasteiger partial charge in [0.1, 0.15) is 11.0 Å². The van der Waals surface area contributed by atoms with Gasteiger partial charge in [-0.3, -0.25) is 19.9 Å². The number of benzene rings is 3. The molecule has 8 rings (SSSR count). The molecule has 0 amide bonds. The Bertz CT molecular complexity index is 2150. The number of rotatable bonds is 6. The molecule has 3 aromatic carbocycles. The summed E-state index contributed by atoms with van der Waals surface area (Å²) in [6, 6.07) is 32.4. The standard InChI is InChI=1S/C36H24N8/c1-2-12-30-25(7-1)13-14-31-34(30)42-36-33(44(28-10-5-19-39-23-28)29-11-6-20-40-24-29)16-15-32(35(36)41-31)43(26-8-3-17-37-21-26)27-9-4-18-38-22-27/h1-24H. The topological polar surface area (TPSA) is 83.8 Å². The van der Waals surface area contributed by atoms with Gasteiger partial charge in [0.2, 0.25) is 0 Å². The third-order valence-corrected chi connectivity index (χ3v) is 7.54. The summed E-state index contributed by atoms with van der Waals surface area (Å²) in [5, 5.41) is 2.15. The average molecular weight is 569 g/mol. The van der Waals surface area contributed by atoms with Gasteiger partial charge >= 0.3 is 0 Å². The fourth-order valence-electron chi connectivity index (χ4n) is 5.62. The Hall–Kier alpha value is -6.28. The van der Waals surface area contributed by atoms with Gasteiger partial charge < -0.3 is 9.80 Å². The van der Waals surface area contributed by atoms with Crippen LogP contribution in [0, 0.1) is 0 Å². The van der Waals surface area contributed by atoms with E-state index in [1.165, 1.54) is 0 Å². The van der Waals surface area contributed by atoms with Crippen LogP contribution in [0.5, 0.6) is 0 Å². The Morgan fingerprint density at radius 3 is 1.34 bits per heavy atom. The highest BCUT2D eigenvalue weighted by atomic mass is 15.2. The highest BCUT2D eigenvalue weighted by molar-refractivity contribution is 6.10. The van der Waals surface area contributed by atoms with Crippen LogP contribution in [-0.2, 0) is 0 Å². The van der Waals surface area contributed by atoms with Crippen molar-refractivity contribution in [2.24, 2.45) is 0 Å². The number of anilines is 6. The van der Waals surface area contributed by atoms with Crippen LogP contribution < -0.4 is 9.80 Å². The van der Waals surface area contributed by atoms with Gasteiger partial charge in [-0.05, 0) is 72.1 Å². The first kappa shape index (κ1) is 25.4. The second-order valence-electron chi connectivity index (χ2n) is 10.2. The summed E-state index contributed by atoms with van der Waals surface area (Å²) in [6.07, 6.45) is 14.4. The van der Waals surface area contributed by atoms with Crippen molar-refractivity contribution < 1.29 is 0 Å². The molecule has 0 saturated carbocycles. The van der Waals surface area contributed by atoms with Gasteiger partial charge in [0, 0.05) is 30.2 Å². The van der Waals surface area contributed by atoms with Crippen molar-refractivity contribution in [3.8, 4) is 0 Å². The highest BCUT2D eigenvalue weighted by Gasteiger charge is 2.23. The summed E-state index contributed by atoms with van der Waals surface area (Å²) in [5.41, 5.74) is 8.33. The molecule has 8 heteroatoms. The molecule has 0 aliphatic heterocycles. The van der Waals surface area contributed by atoms with Crippen molar-refractivity contribution in [2.45, 2.75) is 0 Å². The number of aromatic nitrogens is 6. The zero-order valence-corrected chi connectivity index (χ0v) is 23.4. The lowest BCUT2D eigenvalue weighted by molar-refractivity contribution is 1.19. The Labute approximate surface area is 253 Å². The largest absolute Gasteiger partial charge is 0.305 e. The number of nitrogens with zero attached hydrogens (tertiary/aromatic N) is 8. The van der Waals surface area contributed by atoms with Crippen LogP contribution in [0.2, 0.25) is 0 Å². The van der Waals surface area contributed by atoms with Crippen LogP contribution in [0.1, 0.15) is 0 Å². The summed E-state index contributed by atoms with van der Waals surface area (Å²) < 4.78 is 0. The van der Waals surface area contributed by atoms with E-state index < -0.39 is 0 Å². The van der Waals surface area contributed by atoms with Crippen molar-refractivity contribution in [2.75, 3.05) is 9.80 Å². The van der Waals surface area contributed by atoms with E-state index in [4.69, 9.17) is 9.97 Å². The van der Waals surface area contributed by atoms with Crippen LogP contribution in [0.4, 0.5) is 34.1 Å². The summed E-state index contributed by atoms with van der Waals surface area (Å²) in [5.74, 6) is 0. The van der Waals surface area contributed by atoms with E-state index in [9.17, 15) is 0 Å². The Morgan fingerprint density at radius 2 is 0.864 bits per heavy atom. The predicted molar refractivity (Wildman–Crippen MR) is 175 cm³/mol. The first-order valence-corrected chi connectivity index (χ1v) is 14.2. The molecule has 0 saturated heterocycles. The van der Waals surface area contributed by atoms with Crippen molar-refractivity contribution in [3.63, 3.8) is 0 Å². The molecular formula is C36H24N8. The maximum absolute atomic E-state index is 5.41. The third-order valence-electron chi connectivity index (χ3n) is 7.54. The van der Waals surface area contributed by atoms with Gasteiger partial charge in [0.15, 0.2) is 0 Å². The van der Waals surface area contributed by atoms with E-state index >= 15 is 0 Å². The molecule has 0 spiro atoms. The molecule has 0 radical (unpaired) electrons. The molecule has 8 nitrogen and oxygen atoms in total. The zero-order chi connectivity index (χ0) is 29.3. The molecule has 5 heterocycles. The quantitative estimate of drug-likeness (QED) is 0.146. The molecule has 0 unspecified atom stereocenters. The summed E-state index contributed by atoms with van der Waals surface area (Å²) >= 11 is 0. The molecule has 0 aliphatic carbocycles. The van der Waals surface area contributed by atoms with E-state index in [-0.39, 0.29) is 0 Å². The smallest absolute Gasteiger partial charge is 0.116 e. The zero-order valence-electron chi connectivity index (χ0n) is 23.4. The molecule has 0 atom stereocenters. The molecule has 44 heavy (non-hydrogen) atoms. The minimum atomic E-state index is 0.732. The maximum atomic E-state index is 5.41. The van der Waals surface area contributed by atoms with Crippen LogP contribution in [0.3, 0.4) is 0 Å². The fraction of sp³-hybridized carbons (Fsp3) is 0. The van der Waals surface area contributed by atoms with Gasteiger partial charge in [-0.25, -0.2) is 9.97 Å². The second-order valence-corrected chi connectivity index (χ2v) is 10.2. The first-order valence-electron chi connectivity index (χ1n) is 14.2. The monoisotopic (exact) mass is 568 g/mol. The lowest BCUT2D eigenvalue weighted by Crippen LogP contribution is -2.15. The Kier molecular flexibility index (Phi) is 6.27. The number of hydrogen-bond donors (Lipinski definition) is 0. The molecule has 0 N–H and O–H groups in total. The number of hydrogen-bond acceptors (Lipinski definition) is 8. The maximum Gasteiger partial charge on any atom is 0.116 e. The molecule has 208 valence electrons. The summed E-state index contributed by atoms with van der Waals surface area (Å²) in [4.78, 5) is 32.7. The molecule has 0 bridgehead atoms. The first-order chi connectivity index (χ1) is 21.8. The molecule has 8 aromatic rings. The molecular weight excluding hydrogens is 544 g/mol. The van der Waals surface area contributed by atoms with Gasteiger partial charge in [0.05, 0.1) is 69.9 Å². The van der Waals surface area contributed by atoms with Crippen LogP contribution in [0.25, 0.3) is 32.8 Å². The van der Waals surface area contributed by atoms with Crippen LogP contribution >= 0.6 is 0 Å².